The third-order valence-electron chi connectivity index (χ3n) is 3.29. The average molecular weight is 222 g/mol. The summed E-state index contributed by atoms with van der Waals surface area (Å²) >= 11 is 0. The lowest BCUT2D eigenvalue weighted by atomic mass is 9.77. The van der Waals surface area contributed by atoms with Crippen LogP contribution in [0.5, 0.6) is 0 Å². The van der Waals surface area contributed by atoms with Crippen LogP contribution in [0.2, 0.25) is 0 Å². The zero-order chi connectivity index (χ0) is 11.8. The van der Waals surface area contributed by atoms with Crippen molar-refractivity contribution < 1.29 is 5.11 Å². The molecule has 1 saturated carbocycles. The van der Waals surface area contributed by atoms with Crippen molar-refractivity contribution in [1.82, 2.24) is 9.97 Å². The highest BCUT2D eigenvalue weighted by Crippen LogP contribution is 2.35. The maximum Gasteiger partial charge on any atom is 0.135 e. The molecule has 5 nitrogen and oxygen atoms in total. The highest BCUT2D eigenvalue weighted by molar-refractivity contribution is 5.56. The van der Waals surface area contributed by atoms with Crippen molar-refractivity contribution in [2.24, 2.45) is 0 Å². The van der Waals surface area contributed by atoms with Crippen LogP contribution in [0, 0.1) is 13.8 Å². The van der Waals surface area contributed by atoms with E-state index in [1.807, 2.05) is 13.8 Å². The third kappa shape index (κ3) is 1.82. The molecule has 1 aromatic heterocycles. The lowest BCUT2D eigenvalue weighted by molar-refractivity contribution is 0.143. The Kier molecular flexibility index (Phi) is 2.71. The molecule has 0 saturated heterocycles. The van der Waals surface area contributed by atoms with Gasteiger partial charge >= 0.3 is 0 Å². The SMILES string of the molecule is Cc1nc(N)c(C)c(NC2(CO)CCC2)n1. The number of aliphatic hydroxyl groups is 1. The molecule has 5 heteroatoms. The first-order valence-corrected chi connectivity index (χ1v) is 5.56. The second kappa shape index (κ2) is 3.90. The van der Waals surface area contributed by atoms with Gasteiger partial charge in [-0.1, -0.05) is 0 Å². The van der Waals surface area contributed by atoms with Gasteiger partial charge in [0.05, 0.1) is 12.1 Å². The van der Waals surface area contributed by atoms with E-state index in [2.05, 4.69) is 15.3 Å². The summed E-state index contributed by atoms with van der Waals surface area (Å²) < 4.78 is 0. The van der Waals surface area contributed by atoms with Crippen LogP contribution in [-0.2, 0) is 0 Å². The minimum Gasteiger partial charge on any atom is -0.394 e. The largest absolute Gasteiger partial charge is 0.394 e. The first-order chi connectivity index (χ1) is 7.56. The number of nitrogens with zero attached hydrogens (tertiary/aromatic N) is 2. The van der Waals surface area contributed by atoms with E-state index in [-0.39, 0.29) is 12.1 Å². The van der Waals surface area contributed by atoms with Gasteiger partial charge < -0.3 is 16.2 Å². The van der Waals surface area contributed by atoms with E-state index in [9.17, 15) is 5.11 Å². The first-order valence-electron chi connectivity index (χ1n) is 5.56. The van der Waals surface area contributed by atoms with Crippen molar-refractivity contribution in [3.05, 3.63) is 11.4 Å². The molecule has 2 rings (SSSR count). The van der Waals surface area contributed by atoms with E-state index in [1.165, 1.54) is 0 Å². The van der Waals surface area contributed by atoms with Crippen LogP contribution in [0.4, 0.5) is 11.6 Å². The average Bonchev–Trinajstić information content (AvgIpc) is 2.18. The quantitative estimate of drug-likeness (QED) is 0.710. The molecule has 0 amide bonds. The van der Waals surface area contributed by atoms with E-state index >= 15 is 0 Å². The summed E-state index contributed by atoms with van der Waals surface area (Å²) in [6, 6.07) is 0. The van der Waals surface area contributed by atoms with E-state index in [4.69, 9.17) is 5.73 Å². The fourth-order valence-electron chi connectivity index (χ4n) is 1.95. The minimum absolute atomic E-state index is 0.134. The van der Waals surface area contributed by atoms with Crippen molar-refractivity contribution in [1.29, 1.82) is 0 Å². The van der Waals surface area contributed by atoms with Crippen molar-refractivity contribution in [3.63, 3.8) is 0 Å². The molecule has 0 spiro atoms. The molecule has 88 valence electrons. The molecular weight excluding hydrogens is 204 g/mol. The Bertz CT molecular complexity index is 396. The van der Waals surface area contributed by atoms with Gasteiger partial charge in [0, 0.05) is 5.56 Å². The topological polar surface area (TPSA) is 84.1 Å². The molecule has 0 aromatic carbocycles. The summed E-state index contributed by atoms with van der Waals surface area (Å²) in [6.07, 6.45) is 3.10. The van der Waals surface area contributed by atoms with Gasteiger partial charge in [-0.25, -0.2) is 9.97 Å². The first kappa shape index (κ1) is 11.1. The molecule has 0 aliphatic heterocycles. The number of hydrogen-bond acceptors (Lipinski definition) is 5. The molecule has 4 N–H and O–H groups in total. The number of aryl methyl sites for hydroxylation is 1. The Balaban J connectivity index is 2.27. The second-order valence-corrected chi connectivity index (χ2v) is 4.55. The van der Waals surface area contributed by atoms with Crippen LogP contribution in [0.1, 0.15) is 30.7 Å². The lowest BCUT2D eigenvalue weighted by Gasteiger charge is -2.41. The van der Waals surface area contributed by atoms with E-state index < -0.39 is 0 Å². The predicted octanol–water partition coefficient (Wildman–Crippen LogP) is 1.00. The minimum atomic E-state index is -0.196. The van der Waals surface area contributed by atoms with Gasteiger partial charge in [0.2, 0.25) is 0 Å². The molecule has 1 aromatic rings. The molecule has 0 atom stereocenters. The van der Waals surface area contributed by atoms with Crippen LogP contribution in [-0.4, -0.2) is 27.2 Å². The Morgan fingerprint density at radius 3 is 2.56 bits per heavy atom. The van der Waals surface area contributed by atoms with Gasteiger partial charge in [0.15, 0.2) is 0 Å². The number of aromatic nitrogens is 2. The van der Waals surface area contributed by atoms with Gasteiger partial charge in [0.1, 0.15) is 17.5 Å². The van der Waals surface area contributed by atoms with Crippen molar-refractivity contribution >= 4 is 11.6 Å². The standard InChI is InChI=1S/C11H18N4O/c1-7-9(12)13-8(2)14-10(7)15-11(6-16)4-3-5-11/h16H,3-6H2,1-2H3,(H3,12,13,14,15). The maximum absolute atomic E-state index is 9.39. The summed E-state index contributed by atoms with van der Waals surface area (Å²) in [7, 11) is 0. The maximum atomic E-state index is 9.39. The number of anilines is 2. The Labute approximate surface area is 95.1 Å². The second-order valence-electron chi connectivity index (χ2n) is 4.55. The summed E-state index contributed by atoms with van der Waals surface area (Å²) in [5.74, 6) is 1.90. The predicted molar refractivity (Wildman–Crippen MR) is 63.2 cm³/mol. The molecular formula is C11H18N4O. The molecule has 1 fully saturated rings. The molecule has 0 unspecified atom stereocenters. The van der Waals surface area contributed by atoms with Crippen molar-refractivity contribution in [3.8, 4) is 0 Å². The Hall–Kier alpha value is -1.36. The third-order valence-corrected chi connectivity index (χ3v) is 3.29. The summed E-state index contributed by atoms with van der Waals surface area (Å²) in [5, 5.41) is 12.7. The number of aliphatic hydroxyl groups excluding tert-OH is 1. The molecule has 0 radical (unpaired) electrons. The van der Waals surface area contributed by atoms with Crippen LogP contribution in [0.3, 0.4) is 0 Å². The van der Waals surface area contributed by atoms with Gasteiger partial charge in [0.25, 0.3) is 0 Å². The zero-order valence-electron chi connectivity index (χ0n) is 9.75. The van der Waals surface area contributed by atoms with Crippen molar-refractivity contribution in [2.75, 3.05) is 17.7 Å². The normalized spacial score (nSPS) is 17.9. The van der Waals surface area contributed by atoms with E-state index in [1.54, 1.807) is 0 Å². The Morgan fingerprint density at radius 1 is 1.38 bits per heavy atom. The van der Waals surface area contributed by atoms with Gasteiger partial charge in [-0.15, -0.1) is 0 Å². The van der Waals surface area contributed by atoms with E-state index in [0.29, 0.717) is 11.6 Å². The molecule has 1 aliphatic rings. The highest BCUT2D eigenvalue weighted by atomic mass is 16.3. The highest BCUT2D eigenvalue weighted by Gasteiger charge is 2.37. The van der Waals surface area contributed by atoms with Crippen molar-refractivity contribution in [2.45, 2.75) is 38.6 Å². The fraction of sp³-hybridized carbons (Fsp3) is 0.636. The summed E-state index contributed by atoms with van der Waals surface area (Å²) in [6.45, 7) is 3.84. The molecule has 16 heavy (non-hydrogen) atoms. The van der Waals surface area contributed by atoms with Gasteiger partial charge in [-0.2, -0.15) is 0 Å². The lowest BCUT2D eigenvalue weighted by Crippen LogP contribution is -2.48. The van der Waals surface area contributed by atoms with Gasteiger partial charge in [-0.05, 0) is 33.1 Å². The summed E-state index contributed by atoms with van der Waals surface area (Å²) in [5.41, 5.74) is 6.44. The molecule has 1 aliphatic carbocycles. The van der Waals surface area contributed by atoms with Crippen LogP contribution < -0.4 is 11.1 Å². The molecule has 1 heterocycles. The zero-order valence-corrected chi connectivity index (χ0v) is 9.75. The number of rotatable bonds is 3. The number of nitrogens with two attached hydrogens (primary N) is 1. The van der Waals surface area contributed by atoms with Crippen LogP contribution >= 0.6 is 0 Å². The van der Waals surface area contributed by atoms with Gasteiger partial charge in [-0.3, -0.25) is 0 Å². The molecule has 0 bridgehead atoms. The van der Waals surface area contributed by atoms with Crippen LogP contribution in [0.15, 0.2) is 0 Å². The van der Waals surface area contributed by atoms with E-state index in [0.717, 1.165) is 30.6 Å². The smallest absolute Gasteiger partial charge is 0.135 e. The number of nitrogens with one attached hydrogen (secondary N) is 1. The van der Waals surface area contributed by atoms with Crippen LogP contribution in [0.25, 0.3) is 0 Å². The number of nitrogen functional groups attached to an aromatic ring is 1. The Morgan fingerprint density at radius 2 is 2.06 bits per heavy atom. The number of hydrogen-bond donors (Lipinski definition) is 3. The monoisotopic (exact) mass is 222 g/mol. The summed E-state index contributed by atoms with van der Waals surface area (Å²) in [4.78, 5) is 8.43. The fourth-order valence-corrected chi connectivity index (χ4v) is 1.95.